The first-order valence-corrected chi connectivity index (χ1v) is 8.31. The van der Waals surface area contributed by atoms with E-state index in [2.05, 4.69) is 21.6 Å². The first-order valence-electron chi connectivity index (χ1n) is 8.31. The molecule has 0 atom stereocenters. The fourth-order valence-corrected chi connectivity index (χ4v) is 2.81. The topological polar surface area (TPSA) is 59.2 Å². The SMILES string of the molecule is COc1ccc(-c2[nH]ncc2CNCCc2ccccc2OC)cc1. The maximum absolute atomic E-state index is 5.39. The predicted octanol–water partition coefficient (Wildman–Crippen LogP) is 3.43. The zero-order chi connectivity index (χ0) is 17.5. The van der Waals surface area contributed by atoms with Crippen LogP contribution in [0, 0.1) is 0 Å². The lowest BCUT2D eigenvalue weighted by atomic mass is 10.1. The summed E-state index contributed by atoms with van der Waals surface area (Å²) in [5.74, 6) is 1.78. The van der Waals surface area contributed by atoms with Crippen LogP contribution in [0.5, 0.6) is 11.5 Å². The van der Waals surface area contributed by atoms with Crippen LogP contribution in [0.1, 0.15) is 11.1 Å². The van der Waals surface area contributed by atoms with Crippen LogP contribution in [0.3, 0.4) is 0 Å². The normalized spacial score (nSPS) is 10.6. The summed E-state index contributed by atoms with van der Waals surface area (Å²) < 4.78 is 10.6. The van der Waals surface area contributed by atoms with Crippen molar-refractivity contribution in [3.8, 4) is 22.8 Å². The molecule has 0 aliphatic heterocycles. The van der Waals surface area contributed by atoms with E-state index in [0.29, 0.717) is 0 Å². The van der Waals surface area contributed by atoms with E-state index in [-0.39, 0.29) is 0 Å². The molecule has 1 aromatic heterocycles. The van der Waals surface area contributed by atoms with E-state index in [1.54, 1.807) is 14.2 Å². The second-order valence-electron chi connectivity index (χ2n) is 5.74. The van der Waals surface area contributed by atoms with Gasteiger partial charge < -0.3 is 14.8 Å². The van der Waals surface area contributed by atoms with Gasteiger partial charge in [0.05, 0.1) is 26.1 Å². The van der Waals surface area contributed by atoms with Gasteiger partial charge in [-0.1, -0.05) is 18.2 Å². The van der Waals surface area contributed by atoms with Crippen LogP contribution in [-0.2, 0) is 13.0 Å². The largest absolute Gasteiger partial charge is 0.497 e. The zero-order valence-corrected chi connectivity index (χ0v) is 14.6. The van der Waals surface area contributed by atoms with E-state index < -0.39 is 0 Å². The standard InChI is InChI=1S/C20H23N3O2/c1-24-18-9-7-16(8-10-18)20-17(14-22-23-20)13-21-12-11-15-5-3-4-6-19(15)25-2/h3-10,14,21H,11-13H2,1-2H3,(H,22,23). The third-order valence-corrected chi connectivity index (χ3v) is 4.18. The minimum atomic E-state index is 0.757. The molecule has 0 aliphatic rings. The molecule has 3 aromatic rings. The number of rotatable bonds is 8. The monoisotopic (exact) mass is 337 g/mol. The summed E-state index contributed by atoms with van der Waals surface area (Å²) in [6, 6.07) is 16.1. The molecular formula is C20H23N3O2. The summed E-state index contributed by atoms with van der Waals surface area (Å²) in [7, 11) is 3.38. The third kappa shape index (κ3) is 4.19. The Balaban J connectivity index is 1.58. The van der Waals surface area contributed by atoms with Crippen LogP contribution in [0.4, 0.5) is 0 Å². The number of nitrogens with one attached hydrogen (secondary N) is 2. The van der Waals surface area contributed by atoms with E-state index in [9.17, 15) is 0 Å². The number of aromatic amines is 1. The van der Waals surface area contributed by atoms with Gasteiger partial charge in [0.2, 0.25) is 0 Å². The summed E-state index contributed by atoms with van der Waals surface area (Å²) in [5.41, 5.74) is 4.48. The van der Waals surface area contributed by atoms with Gasteiger partial charge in [-0.05, 0) is 48.9 Å². The van der Waals surface area contributed by atoms with Crippen LogP contribution >= 0.6 is 0 Å². The molecule has 1 heterocycles. The average Bonchev–Trinajstić information content (AvgIpc) is 3.14. The first-order chi connectivity index (χ1) is 12.3. The molecule has 0 unspecified atom stereocenters. The molecule has 130 valence electrons. The maximum Gasteiger partial charge on any atom is 0.122 e. The second kappa shape index (κ2) is 8.35. The number of hydrogen-bond donors (Lipinski definition) is 2. The van der Waals surface area contributed by atoms with Crippen molar-refractivity contribution in [2.24, 2.45) is 0 Å². The van der Waals surface area contributed by atoms with Gasteiger partial charge in [-0.15, -0.1) is 0 Å². The lowest BCUT2D eigenvalue weighted by molar-refractivity contribution is 0.409. The summed E-state index contributed by atoms with van der Waals surface area (Å²) in [4.78, 5) is 0. The van der Waals surface area contributed by atoms with Crippen molar-refractivity contribution in [1.82, 2.24) is 15.5 Å². The molecule has 0 spiro atoms. The molecule has 0 saturated heterocycles. The highest BCUT2D eigenvalue weighted by Gasteiger charge is 2.08. The number of methoxy groups -OCH3 is 2. The number of ether oxygens (including phenoxy) is 2. The molecule has 0 radical (unpaired) electrons. The quantitative estimate of drug-likeness (QED) is 0.618. The molecule has 0 fully saturated rings. The van der Waals surface area contributed by atoms with Gasteiger partial charge in [0, 0.05) is 17.7 Å². The van der Waals surface area contributed by atoms with Crippen LogP contribution < -0.4 is 14.8 Å². The van der Waals surface area contributed by atoms with E-state index >= 15 is 0 Å². The van der Waals surface area contributed by atoms with E-state index in [1.807, 2.05) is 48.7 Å². The van der Waals surface area contributed by atoms with Crippen LogP contribution in [0.2, 0.25) is 0 Å². The summed E-state index contributed by atoms with van der Waals surface area (Å²) in [6.45, 7) is 1.63. The van der Waals surface area contributed by atoms with Gasteiger partial charge in [0.15, 0.2) is 0 Å². The van der Waals surface area contributed by atoms with Crippen molar-refractivity contribution in [3.63, 3.8) is 0 Å². The Labute approximate surface area is 148 Å². The number of nitrogens with zero attached hydrogens (tertiary/aromatic N) is 1. The van der Waals surface area contributed by atoms with Crippen molar-refractivity contribution >= 4 is 0 Å². The van der Waals surface area contributed by atoms with Crippen molar-refractivity contribution in [2.75, 3.05) is 20.8 Å². The molecule has 2 N–H and O–H groups in total. The Morgan fingerprint density at radius 2 is 1.76 bits per heavy atom. The molecule has 25 heavy (non-hydrogen) atoms. The Hall–Kier alpha value is -2.79. The Bertz CT molecular complexity index is 797. The number of H-pyrrole nitrogens is 1. The highest BCUT2D eigenvalue weighted by Crippen LogP contribution is 2.23. The van der Waals surface area contributed by atoms with Gasteiger partial charge >= 0.3 is 0 Å². The molecule has 0 bridgehead atoms. The van der Waals surface area contributed by atoms with E-state index in [4.69, 9.17) is 9.47 Å². The van der Waals surface area contributed by atoms with Crippen LogP contribution in [0.25, 0.3) is 11.3 Å². The van der Waals surface area contributed by atoms with Gasteiger partial charge in [-0.25, -0.2) is 0 Å². The van der Waals surface area contributed by atoms with Crippen molar-refractivity contribution < 1.29 is 9.47 Å². The lowest BCUT2D eigenvalue weighted by Crippen LogP contribution is -2.17. The maximum atomic E-state index is 5.39. The molecule has 5 nitrogen and oxygen atoms in total. The van der Waals surface area contributed by atoms with Gasteiger partial charge in [-0.3, -0.25) is 5.10 Å². The minimum absolute atomic E-state index is 0.757. The van der Waals surface area contributed by atoms with Crippen molar-refractivity contribution in [2.45, 2.75) is 13.0 Å². The molecule has 0 aliphatic carbocycles. The van der Waals surface area contributed by atoms with Gasteiger partial charge in [-0.2, -0.15) is 5.10 Å². The molecule has 0 amide bonds. The second-order valence-corrected chi connectivity index (χ2v) is 5.74. The fourth-order valence-electron chi connectivity index (χ4n) is 2.81. The first kappa shape index (κ1) is 17.0. The average molecular weight is 337 g/mol. The zero-order valence-electron chi connectivity index (χ0n) is 14.6. The number of para-hydroxylation sites is 1. The minimum Gasteiger partial charge on any atom is -0.497 e. The van der Waals surface area contributed by atoms with Gasteiger partial charge in [0.25, 0.3) is 0 Å². The number of benzene rings is 2. The summed E-state index contributed by atoms with van der Waals surface area (Å²) in [6.07, 6.45) is 2.79. The molecule has 0 saturated carbocycles. The Morgan fingerprint density at radius 3 is 2.52 bits per heavy atom. The van der Waals surface area contributed by atoms with Gasteiger partial charge in [0.1, 0.15) is 11.5 Å². The molecular weight excluding hydrogens is 314 g/mol. The summed E-state index contributed by atoms with van der Waals surface area (Å²) >= 11 is 0. The Kier molecular flexibility index (Phi) is 5.69. The Morgan fingerprint density at radius 1 is 0.960 bits per heavy atom. The predicted molar refractivity (Wildman–Crippen MR) is 99.0 cm³/mol. The van der Waals surface area contributed by atoms with E-state index in [0.717, 1.165) is 47.8 Å². The molecule has 3 rings (SSSR count). The lowest BCUT2D eigenvalue weighted by Gasteiger charge is -2.09. The van der Waals surface area contributed by atoms with Crippen molar-refractivity contribution in [1.29, 1.82) is 0 Å². The number of hydrogen-bond acceptors (Lipinski definition) is 4. The highest BCUT2D eigenvalue weighted by atomic mass is 16.5. The van der Waals surface area contributed by atoms with Crippen LogP contribution in [-0.4, -0.2) is 31.0 Å². The van der Waals surface area contributed by atoms with Crippen LogP contribution in [0.15, 0.2) is 54.7 Å². The van der Waals surface area contributed by atoms with Crippen molar-refractivity contribution in [3.05, 3.63) is 65.9 Å². The molecule has 5 heteroatoms. The summed E-state index contributed by atoms with van der Waals surface area (Å²) in [5, 5.41) is 10.8. The van der Waals surface area contributed by atoms with E-state index in [1.165, 1.54) is 5.56 Å². The number of aromatic nitrogens is 2. The third-order valence-electron chi connectivity index (χ3n) is 4.18. The smallest absolute Gasteiger partial charge is 0.122 e. The fraction of sp³-hybridized carbons (Fsp3) is 0.250. The molecule has 2 aromatic carbocycles. The highest BCUT2D eigenvalue weighted by molar-refractivity contribution is 5.63.